The van der Waals surface area contributed by atoms with E-state index in [2.05, 4.69) is 24.1 Å². The van der Waals surface area contributed by atoms with E-state index in [9.17, 15) is 14.7 Å². The van der Waals surface area contributed by atoms with Crippen LogP contribution < -0.4 is 5.32 Å². The van der Waals surface area contributed by atoms with Crippen LogP contribution in [0.5, 0.6) is 0 Å². The Bertz CT molecular complexity index is 605. The zero-order valence-corrected chi connectivity index (χ0v) is 16.1. The predicted molar refractivity (Wildman–Crippen MR) is 100 cm³/mol. The molecule has 0 spiro atoms. The fourth-order valence-electron chi connectivity index (χ4n) is 3.37. The fraction of sp³-hybridized carbons (Fsp3) is 0.600. The standard InChI is InChI=1S/C20H30N2O4/c1-13(2)9-18(20(24)25)21-19(23)17-7-5-16(6-8-17)12-22-10-14(3)26-15(4)11-22/h5-8,13-15,18H,9-12H2,1-4H3,(H,21,23)(H,24,25). The Hall–Kier alpha value is -1.92. The van der Waals surface area contributed by atoms with E-state index in [-0.39, 0.29) is 24.0 Å². The van der Waals surface area contributed by atoms with Crippen LogP contribution >= 0.6 is 0 Å². The molecular formula is C20H30N2O4. The number of carboxylic acid groups (broad SMARTS) is 1. The second kappa shape index (κ2) is 9.14. The number of ether oxygens (including phenoxy) is 1. The number of morpholine rings is 1. The highest BCUT2D eigenvalue weighted by atomic mass is 16.5. The Morgan fingerprint density at radius 2 is 1.77 bits per heavy atom. The van der Waals surface area contributed by atoms with Crippen LogP contribution in [0.3, 0.4) is 0 Å². The van der Waals surface area contributed by atoms with Crippen LogP contribution in [0.2, 0.25) is 0 Å². The first-order chi connectivity index (χ1) is 12.2. The molecule has 0 aromatic heterocycles. The molecule has 6 heteroatoms. The minimum Gasteiger partial charge on any atom is -0.480 e. The summed E-state index contributed by atoms with van der Waals surface area (Å²) in [4.78, 5) is 26.0. The summed E-state index contributed by atoms with van der Waals surface area (Å²) in [6, 6.07) is 6.51. The molecule has 3 atom stereocenters. The summed E-state index contributed by atoms with van der Waals surface area (Å²) >= 11 is 0. The van der Waals surface area contributed by atoms with E-state index in [0.717, 1.165) is 25.2 Å². The van der Waals surface area contributed by atoms with Crippen LogP contribution in [0, 0.1) is 5.92 Å². The number of nitrogens with zero attached hydrogens (tertiary/aromatic N) is 1. The van der Waals surface area contributed by atoms with Gasteiger partial charge in [-0.3, -0.25) is 9.69 Å². The summed E-state index contributed by atoms with van der Waals surface area (Å²) in [6.45, 7) is 10.6. The Kier molecular flexibility index (Phi) is 7.17. The minimum atomic E-state index is -1.00. The summed E-state index contributed by atoms with van der Waals surface area (Å²) in [5, 5.41) is 11.9. The maximum atomic E-state index is 12.3. The Labute approximate surface area is 155 Å². The zero-order chi connectivity index (χ0) is 19.3. The molecule has 1 aliphatic heterocycles. The molecule has 1 aliphatic rings. The van der Waals surface area contributed by atoms with Gasteiger partial charge >= 0.3 is 5.97 Å². The van der Waals surface area contributed by atoms with E-state index < -0.39 is 12.0 Å². The molecule has 1 aromatic carbocycles. The van der Waals surface area contributed by atoms with Crippen molar-refractivity contribution in [3.63, 3.8) is 0 Å². The minimum absolute atomic E-state index is 0.192. The van der Waals surface area contributed by atoms with Gasteiger partial charge < -0.3 is 15.2 Å². The van der Waals surface area contributed by atoms with E-state index in [4.69, 9.17) is 4.74 Å². The van der Waals surface area contributed by atoms with Crippen molar-refractivity contribution in [3.05, 3.63) is 35.4 Å². The van der Waals surface area contributed by atoms with Gasteiger partial charge in [0.15, 0.2) is 0 Å². The molecule has 26 heavy (non-hydrogen) atoms. The van der Waals surface area contributed by atoms with Gasteiger partial charge in [0.25, 0.3) is 5.91 Å². The molecule has 0 saturated carbocycles. The molecule has 144 valence electrons. The Balaban J connectivity index is 1.95. The number of hydrogen-bond acceptors (Lipinski definition) is 4. The third-order valence-electron chi connectivity index (χ3n) is 4.43. The number of rotatable bonds is 7. The molecule has 1 saturated heterocycles. The maximum absolute atomic E-state index is 12.3. The first-order valence-corrected chi connectivity index (χ1v) is 9.25. The second-order valence-corrected chi connectivity index (χ2v) is 7.64. The molecule has 1 amide bonds. The van der Waals surface area contributed by atoms with Crippen molar-refractivity contribution in [1.82, 2.24) is 10.2 Å². The van der Waals surface area contributed by atoms with E-state index >= 15 is 0 Å². The zero-order valence-electron chi connectivity index (χ0n) is 16.1. The number of benzene rings is 1. The molecule has 0 aliphatic carbocycles. The van der Waals surface area contributed by atoms with Gasteiger partial charge in [-0.25, -0.2) is 4.79 Å². The number of carbonyl (C=O) groups is 2. The third kappa shape index (κ3) is 6.11. The molecule has 2 N–H and O–H groups in total. The van der Waals surface area contributed by atoms with Gasteiger partial charge in [-0.1, -0.05) is 26.0 Å². The highest BCUT2D eigenvalue weighted by Gasteiger charge is 2.23. The second-order valence-electron chi connectivity index (χ2n) is 7.64. The molecule has 0 bridgehead atoms. The SMILES string of the molecule is CC(C)CC(NC(=O)c1ccc(CN2CC(C)OC(C)C2)cc1)C(=O)O. The van der Waals surface area contributed by atoms with Crippen LogP contribution in [-0.2, 0) is 16.1 Å². The van der Waals surface area contributed by atoms with E-state index in [1.807, 2.05) is 26.0 Å². The lowest BCUT2D eigenvalue weighted by Crippen LogP contribution is -2.44. The fourth-order valence-corrected chi connectivity index (χ4v) is 3.37. The third-order valence-corrected chi connectivity index (χ3v) is 4.43. The van der Waals surface area contributed by atoms with Crippen LogP contribution in [-0.4, -0.2) is 53.2 Å². The van der Waals surface area contributed by atoms with Crippen molar-refractivity contribution < 1.29 is 19.4 Å². The first-order valence-electron chi connectivity index (χ1n) is 9.25. The Morgan fingerprint density at radius 3 is 2.27 bits per heavy atom. The van der Waals surface area contributed by atoms with Crippen LogP contribution in [0.1, 0.15) is 50.0 Å². The van der Waals surface area contributed by atoms with Gasteiger partial charge in [-0.05, 0) is 43.9 Å². The smallest absolute Gasteiger partial charge is 0.326 e. The van der Waals surface area contributed by atoms with Crippen molar-refractivity contribution in [2.24, 2.45) is 5.92 Å². The number of carboxylic acids is 1. The van der Waals surface area contributed by atoms with Gasteiger partial charge in [-0.2, -0.15) is 0 Å². The monoisotopic (exact) mass is 362 g/mol. The lowest BCUT2D eigenvalue weighted by Gasteiger charge is -2.35. The summed E-state index contributed by atoms with van der Waals surface area (Å²) in [7, 11) is 0. The molecule has 2 rings (SSSR count). The topological polar surface area (TPSA) is 78.9 Å². The summed E-state index contributed by atoms with van der Waals surface area (Å²) < 4.78 is 5.75. The molecule has 1 fully saturated rings. The molecular weight excluding hydrogens is 332 g/mol. The lowest BCUT2D eigenvalue weighted by molar-refractivity contribution is -0.139. The van der Waals surface area contributed by atoms with Gasteiger partial charge in [0.1, 0.15) is 6.04 Å². The summed E-state index contributed by atoms with van der Waals surface area (Å²) in [5.41, 5.74) is 1.60. The summed E-state index contributed by atoms with van der Waals surface area (Å²) in [5.74, 6) is -1.16. The molecule has 6 nitrogen and oxygen atoms in total. The lowest BCUT2D eigenvalue weighted by atomic mass is 10.0. The van der Waals surface area contributed by atoms with Crippen molar-refractivity contribution >= 4 is 11.9 Å². The van der Waals surface area contributed by atoms with Crippen molar-refractivity contribution in [2.75, 3.05) is 13.1 Å². The van der Waals surface area contributed by atoms with Crippen molar-refractivity contribution in [3.8, 4) is 0 Å². The molecule has 0 radical (unpaired) electrons. The highest BCUT2D eigenvalue weighted by Crippen LogP contribution is 2.15. The number of hydrogen-bond donors (Lipinski definition) is 2. The van der Waals surface area contributed by atoms with Gasteiger partial charge in [0, 0.05) is 25.2 Å². The van der Waals surface area contributed by atoms with Crippen LogP contribution in [0.15, 0.2) is 24.3 Å². The molecule has 3 unspecified atom stereocenters. The summed E-state index contributed by atoms with van der Waals surface area (Å²) in [6.07, 6.45) is 0.849. The Morgan fingerprint density at radius 1 is 1.19 bits per heavy atom. The average molecular weight is 362 g/mol. The normalized spacial score (nSPS) is 22.2. The number of amides is 1. The number of nitrogens with one attached hydrogen (secondary N) is 1. The van der Waals surface area contributed by atoms with Gasteiger partial charge in [0.05, 0.1) is 12.2 Å². The number of carbonyl (C=O) groups excluding carboxylic acids is 1. The predicted octanol–water partition coefficient (Wildman–Crippen LogP) is 2.52. The molecule has 1 heterocycles. The highest BCUT2D eigenvalue weighted by molar-refractivity contribution is 5.96. The quantitative estimate of drug-likeness (QED) is 0.779. The van der Waals surface area contributed by atoms with Crippen LogP contribution in [0.25, 0.3) is 0 Å². The number of aliphatic carboxylic acids is 1. The molecule has 1 aromatic rings. The average Bonchev–Trinajstić information content (AvgIpc) is 2.53. The van der Waals surface area contributed by atoms with Crippen molar-refractivity contribution in [1.29, 1.82) is 0 Å². The van der Waals surface area contributed by atoms with Crippen LogP contribution in [0.4, 0.5) is 0 Å². The maximum Gasteiger partial charge on any atom is 0.326 e. The largest absolute Gasteiger partial charge is 0.480 e. The first kappa shape index (κ1) is 20.4. The van der Waals surface area contributed by atoms with E-state index in [0.29, 0.717) is 12.0 Å². The van der Waals surface area contributed by atoms with Gasteiger partial charge in [-0.15, -0.1) is 0 Å². The van der Waals surface area contributed by atoms with E-state index in [1.165, 1.54) is 0 Å². The van der Waals surface area contributed by atoms with E-state index in [1.54, 1.807) is 12.1 Å². The van der Waals surface area contributed by atoms with Crippen molar-refractivity contribution in [2.45, 2.75) is 58.9 Å². The van der Waals surface area contributed by atoms with Gasteiger partial charge in [0.2, 0.25) is 0 Å².